The van der Waals surface area contributed by atoms with Crippen LogP contribution in [0.1, 0.15) is 28.4 Å². The largest absolute Gasteiger partial charge is 0.352 e. The molecule has 0 bridgehead atoms. The molecule has 4 aromatic rings. The van der Waals surface area contributed by atoms with Crippen molar-refractivity contribution in [2.75, 3.05) is 5.32 Å². The van der Waals surface area contributed by atoms with Crippen LogP contribution < -0.4 is 10.6 Å². The van der Waals surface area contributed by atoms with E-state index < -0.39 is 0 Å². The van der Waals surface area contributed by atoms with Crippen LogP contribution in [-0.4, -0.2) is 32.0 Å². The van der Waals surface area contributed by atoms with E-state index in [1.807, 2.05) is 41.8 Å². The van der Waals surface area contributed by atoms with E-state index in [0.29, 0.717) is 17.2 Å². The molecule has 0 radical (unpaired) electrons. The Kier molecular flexibility index (Phi) is 6.93. The molecule has 0 aliphatic carbocycles. The number of aromatic amines is 1. The molecular weight excluding hydrogens is 444 g/mol. The monoisotopic (exact) mass is 464 g/mol. The summed E-state index contributed by atoms with van der Waals surface area (Å²) in [5.74, 6) is 0.469. The molecule has 8 nitrogen and oxygen atoms in total. The fourth-order valence-electron chi connectivity index (χ4n) is 2.82. The van der Waals surface area contributed by atoms with Gasteiger partial charge in [0, 0.05) is 35.7 Å². The summed E-state index contributed by atoms with van der Waals surface area (Å²) in [7, 11) is 0. The fraction of sp³-hybridized carbons (Fsp3) is 0.136. The van der Waals surface area contributed by atoms with Crippen LogP contribution in [0.4, 0.5) is 5.13 Å². The van der Waals surface area contributed by atoms with Crippen molar-refractivity contribution in [2.24, 2.45) is 0 Å². The van der Waals surface area contributed by atoms with E-state index in [-0.39, 0.29) is 11.8 Å². The highest BCUT2D eigenvalue weighted by molar-refractivity contribution is 7.98. The van der Waals surface area contributed by atoms with Gasteiger partial charge in [-0.05, 0) is 23.3 Å². The number of thiazole rings is 1. The van der Waals surface area contributed by atoms with Gasteiger partial charge in [-0.25, -0.2) is 9.97 Å². The fourth-order valence-corrected chi connectivity index (χ4v) is 4.27. The lowest BCUT2D eigenvalue weighted by atomic mass is 10.1. The molecule has 32 heavy (non-hydrogen) atoms. The third-order valence-corrected chi connectivity index (χ3v) is 6.21. The minimum atomic E-state index is -0.203. The summed E-state index contributed by atoms with van der Waals surface area (Å²) < 4.78 is 0. The Morgan fingerprint density at radius 1 is 1.06 bits per heavy atom. The van der Waals surface area contributed by atoms with Crippen LogP contribution in [0.2, 0.25) is 0 Å². The quantitative estimate of drug-likeness (QED) is 0.338. The molecular formula is C22H20N6O2S2. The van der Waals surface area contributed by atoms with E-state index >= 15 is 0 Å². The number of hydrogen-bond acceptors (Lipinski definition) is 7. The topological polar surface area (TPSA) is 113 Å². The van der Waals surface area contributed by atoms with Crippen LogP contribution in [0.5, 0.6) is 0 Å². The van der Waals surface area contributed by atoms with Crippen LogP contribution in [0, 0.1) is 0 Å². The van der Waals surface area contributed by atoms with E-state index in [0.717, 1.165) is 33.3 Å². The number of H-pyrrole nitrogens is 1. The van der Waals surface area contributed by atoms with Gasteiger partial charge in [-0.1, -0.05) is 48.2 Å². The van der Waals surface area contributed by atoms with Crippen molar-refractivity contribution in [3.8, 4) is 11.3 Å². The predicted octanol–water partition coefficient (Wildman–Crippen LogP) is 4.11. The Morgan fingerprint density at radius 2 is 1.81 bits per heavy atom. The summed E-state index contributed by atoms with van der Waals surface area (Å²) in [5.41, 5.74) is 4.40. The Balaban J connectivity index is 1.33. The van der Waals surface area contributed by atoms with Crippen molar-refractivity contribution in [1.82, 2.24) is 25.5 Å². The lowest BCUT2D eigenvalue weighted by molar-refractivity contribution is -0.119. The highest BCUT2D eigenvalue weighted by atomic mass is 32.2. The third-order valence-electron chi connectivity index (χ3n) is 4.50. The van der Waals surface area contributed by atoms with E-state index in [4.69, 9.17) is 0 Å². The average Bonchev–Trinajstić information content (AvgIpc) is 3.49. The van der Waals surface area contributed by atoms with Gasteiger partial charge in [0.25, 0.3) is 5.91 Å². The summed E-state index contributed by atoms with van der Waals surface area (Å²) in [5, 5.41) is 15.5. The first-order valence-electron chi connectivity index (χ1n) is 9.74. The summed E-state index contributed by atoms with van der Waals surface area (Å²) >= 11 is 2.92. The summed E-state index contributed by atoms with van der Waals surface area (Å²) in [6, 6.07) is 15.3. The maximum absolute atomic E-state index is 12.6. The third kappa shape index (κ3) is 5.80. The Bertz CT molecular complexity index is 1190. The SMILES string of the molecule is CC(=O)NCc1ccc(-c2csc(NC(=O)c3ccc(CSc4ncn[nH]4)cc3)n2)cc1. The van der Waals surface area contributed by atoms with Crippen LogP contribution in [-0.2, 0) is 17.1 Å². The number of hydrogen-bond donors (Lipinski definition) is 3. The van der Waals surface area contributed by atoms with E-state index in [9.17, 15) is 9.59 Å². The highest BCUT2D eigenvalue weighted by Crippen LogP contribution is 2.26. The minimum absolute atomic E-state index is 0.0612. The van der Waals surface area contributed by atoms with Crippen molar-refractivity contribution in [3.05, 3.63) is 76.9 Å². The zero-order valence-corrected chi connectivity index (χ0v) is 18.8. The standard InChI is InChI=1S/C22H20N6O2S2/c1-14(29)23-10-15-2-6-17(7-3-15)19-12-32-22(26-19)27-20(30)18-8-4-16(5-9-18)11-31-21-24-13-25-28-21/h2-9,12-13H,10-11H2,1H3,(H,23,29)(H,24,25,28)(H,26,27,30). The maximum atomic E-state index is 12.6. The number of anilines is 1. The van der Waals surface area contributed by atoms with E-state index in [1.165, 1.54) is 24.6 Å². The van der Waals surface area contributed by atoms with Crippen molar-refractivity contribution in [2.45, 2.75) is 24.4 Å². The second-order valence-electron chi connectivity index (χ2n) is 6.87. The number of rotatable bonds is 8. The van der Waals surface area contributed by atoms with Crippen LogP contribution in [0.15, 0.2) is 65.4 Å². The van der Waals surface area contributed by atoms with Gasteiger partial charge < -0.3 is 5.32 Å². The number of aromatic nitrogens is 4. The molecule has 4 rings (SSSR count). The zero-order chi connectivity index (χ0) is 22.3. The first-order valence-corrected chi connectivity index (χ1v) is 11.6. The molecule has 0 aliphatic heterocycles. The Morgan fingerprint density at radius 3 is 2.50 bits per heavy atom. The van der Waals surface area contributed by atoms with Crippen molar-refractivity contribution in [3.63, 3.8) is 0 Å². The number of benzene rings is 2. The van der Waals surface area contributed by atoms with Crippen molar-refractivity contribution < 1.29 is 9.59 Å². The normalized spacial score (nSPS) is 10.7. The lowest BCUT2D eigenvalue weighted by Gasteiger charge is -2.04. The lowest BCUT2D eigenvalue weighted by Crippen LogP contribution is -2.18. The molecule has 3 N–H and O–H groups in total. The molecule has 2 amide bonds. The number of amides is 2. The summed E-state index contributed by atoms with van der Waals surface area (Å²) in [6.07, 6.45) is 1.48. The molecule has 2 heterocycles. The minimum Gasteiger partial charge on any atom is -0.352 e. The van der Waals surface area contributed by atoms with Gasteiger partial charge in [-0.2, -0.15) is 5.10 Å². The number of nitrogens with zero attached hydrogens (tertiary/aromatic N) is 3. The van der Waals surface area contributed by atoms with E-state index in [1.54, 1.807) is 23.9 Å². The van der Waals surface area contributed by atoms with Crippen LogP contribution in [0.25, 0.3) is 11.3 Å². The molecule has 10 heteroatoms. The highest BCUT2D eigenvalue weighted by Gasteiger charge is 2.11. The number of thioether (sulfide) groups is 1. The van der Waals surface area contributed by atoms with Gasteiger partial charge in [0.15, 0.2) is 10.3 Å². The van der Waals surface area contributed by atoms with Crippen LogP contribution in [0.3, 0.4) is 0 Å². The predicted molar refractivity (Wildman–Crippen MR) is 125 cm³/mol. The van der Waals surface area contributed by atoms with E-state index in [2.05, 4.69) is 30.8 Å². The van der Waals surface area contributed by atoms with Crippen molar-refractivity contribution in [1.29, 1.82) is 0 Å². The number of nitrogens with one attached hydrogen (secondary N) is 3. The van der Waals surface area contributed by atoms with Gasteiger partial charge in [-0.15, -0.1) is 11.3 Å². The van der Waals surface area contributed by atoms with Crippen molar-refractivity contribution >= 4 is 40.0 Å². The summed E-state index contributed by atoms with van der Waals surface area (Å²) in [4.78, 5) is 32.2. The second-order valence-corrected chi connectivity index (χ2v) is 8.70. The number of carbonyl (C=O) groups excluding carboxylic acids is 2. The van der Waals surface area contributed by atoms with Gasteiger partial charge in [0.05, 0.1) is 5.69 Å². The molecule has 0 aliphatic rings. The molecule has 0 unspecified atom stereocenters. The summed E-state index contributed by atoms with van der Waals surface area (Å²) in [6.45, 7) is 1.99. The first kappa shape index (κ1) is 21.7. The second kappa shape index (κ2) is 10.2. The molecule has 2 aromatic heterocycles. The van der Waals surface area contributed by atoms with Gasteiger partial charge in [0.2, 0.25) is 5.91 Å². The van der Waals surface area contributed by atoms with Crippen LogP contribution >= 0.6 is 23.1 Å². The molecule has 2 aromatic carbocycles. The molecule has 0 spiro atoms. The maximum Gasteiger partial charge on any atom is 0.257 e. The number of carbonyl (C=O) groups is 2. The molecule has 0 saturated heterocycles. The Labute approximate surface area is 192 Å². The molecule has 0 saturated carbocycles. The van der Waals surface area contributed by atoms with Gasteiger partial charge >= 0.3 is 0 Å². The average molecular weight is 465 g/mol. The zero-order valence-electron chi connectivity index (χ0n) is 17.2. The smallest absolute Gasteiger partial charge is 0.257 e. The molecule has 0 atom stereocenters. The molecule has 162 valence electrons. The first-order chi connectivity index (χ1) is 15.6. The van der Waals surface area contributed by atoms with Gasteiger partial charge in [0.1, 0.15) is 6.33 Å². The van der Waals surface area contributed by atoms with Gasteiger partial charge in [-0.3, -0.25) is 20.0 Å². The Hall–Kier alpha value is -3.50. The molecule has 0 fully saturated rings.